The van der Waals surface area contributed by atoms with Crippen LogP contribution in [0, 0.1) is 0 Å². The van der Waals surface area contributed by atoms with E-state index in [-0.39, 0.29) is 24.8 Å². The Labute approximate surface area is 92.6 Å². The Balaban J connectivity index is 2.60. The van der Waals surface area contributed by atoms with Crippen molar-refractivity contribution >= 4 is 11.9 Å². The van der Waals surface area contributed by atoms with Crippen molar-refractivity contribution in [3.8, 4) is 0 Å². The molecule has 0 spiro atoms. The van der Waals surface area contributed by atoms with Crippen LogP contribution in [0.25, 0.3) is 0 Å². The zero-order chi connectivity index (χ0) is 12.0. The van der Waals surface area contributed by atoms with Crippen LogP contribution in [0.1, 0.15) is 11.4 Å². The quantitative estimate of drug-likeness (QED) is 0.665. The van der Waals surface area contributed by atoms with E-state index in [1.54, 1.807) is 0 Å². The highest BCUT2D eigenvalue weighted by Gasteiger charge is 2.07. The van der Waals surface area contributed by atoms with Crippen molar-refractivity contribution in [3.05, 3.63) is 23.8 Å². The van der Waals surface area contributed by atoms with Crippen molar-refractivity contribution in [2.24, 2.45) is 0 Å². The van der Waals surface area contributed by atoms with Gasteiger partial charge in [-0.3, -0.25) is 19.6 Å². The van der Waals surface area contributed by atoms with Gasteiger partial charge in [0.2, 0.25) is 0 Å². The monoisotopic (exact) mass is 224 g/mol. The molecule has 0 atom stereocenters. The molecule has 86 valence electrons. The second-order valence-electron chi connectivity index (χ2n) is 3.00. The minimum Gasteiger partial charge on any atom is -0.469 e. The number of rotatable bonds is 4. The summed E-state index contributed by atoms with van der Waals surface area (Å²) in [6.45, 7) is 0. The predicted octanol–water partition coefficient (Wildman–Crippen LogP) is -0.0924. The lowest BCUT2D eigenvalue weighted by Gasteiger charge is -2.01. The minimum atomic E-state index is -0.380. The first kappa shape index (κ1) is 12.1. The maximum atomic E-state index is 10.9. The topological polar surface area (TPSA) is 78.4 Å². The Hall–Kier alpha value is -1.98. The van der Waals surface area contributed by atoms with E-state index >= 15 is 0 Å². The van der Waals surface area contributed by atoms with Crippen LogP contribution >= 0.6 is 0 Å². The fourth-order valence-electron chi connectivity index (χ4n) is 1.00. The first-order valence-corrected chi connectivity index (χ1v) is 4.59. The molecule has 0 fully saturated rings. The fourth-order valence-corrected chi connectivity index (χ4v) is 1.00. The highest BCUT2D eigenvalue weighted by atomic mass is 16.5. The molecular weight excluding hydrogens is 212 g/mol. The molecule has 0 bridgehead atoms. The summed E-state index contributed by atoms with van der Waals surface area (Å²) in [4.78, 5) is 29.8. The first-order valence-electron chi connectivity index (χ1n) is 4.59. The van der Waals surface area contributed by atoms with Gasteiger partial charge in [0.05, 0.1) is 38.4 Å². The van der Waals surface area contributed by atoms with Gasteiger partial charge in [-0.2, -0.15) is 0 Å². The van der Waals surface area contributed by atoms with Crippen LogP contribution in [-0.4, -0.2) is 36.1 Å². The van der Waals surface area contributed by atoms with Crippen LogP contribution in [0.4, 0.5) is 0 Å². The number of ether oxygens (including phenoxy) is 2. The van der Waals surface area contributed by atoms with Crippen molar-refractivity contribution in [1.29, 1.82) is 0 Å². The number of methoxy groups -OCH3 is 2. The molecule has 6 heteroatoms. The van der Waals surface area contributed by atoms with Crippen molar-refractivity contribution in [2.45, 2.75) is 12.8 Å². The third kappa shape index (κ3) is 3.64. The van der Waals surface area contributed by atoms with Crippen molar-refractivity contribution in [1.82, 2.24) is 9.97 Å². The summed E-state index contributed by atoms with van der Waals surface area (Å²) < 4.78 is 8.97. The summed E-state index contributed by atoms with van der Waals surface area (Å²) in [5.74, 6) is -0.759. The Morgan fingerprint density at radius 3 is 1.62 bits per heavy atom. The molecule has 1 heterocycles. The number of esters is 2. The predicted molar refractivity (Wildman–Crippen MR) is 53.5 cm³/mol. The Morgan fingerprint density at radius 2 is 1.38 bits per heavy atom. The second kappa shape index (κ2) is 5.79. The van der Waals surface area contributed by atoms with E-state index in [4.69, 9.17) is 0 Å². The average molecular weight is 224 g/mol. The highest BCUT2D eigenvalue weighted by Crippen LogP contribution is 1.99. The smallest absolute Gasteiger partial charge is 0.311 e. The second-order valence-corrected chi connectivity index (χ2v) is 3.00. The molecule has 0 amide bonds. The van der Waals surface area contributed by atoms with Gasteiger partial charge in [0, 0.05) is 12.4 Å². The summed E-state index contributed by atoms with van der Waals surface area (Å²) in [7, 11) is 2.61. The lowest BCUT2D eigenvalue weighted by molar-refractivity contribution is -0.140. The van der Waals surface area contributed by atoms with E-state index in [1.807, 2.05) is 0 Å². The van der Waals surface area contributed by atoms with Crippen LogP contribution in [-0.2, 0) is 31.9 Å². The first-order chi connectivity index (χ1) is 7.65. The average Bonchev–Trinajstić information content (AvgIpc) is 2.31. The minimum absolute atomic E-state index is 0.0714. The van der Waals surface area contributed by atoms with Gasteiger partial charge < -0.3 is 9.47 Å². The van der Waals surface area contributed by atoms with Crippen LogP contribution in [0.3, 0.4) is 0 Å². The van der Waals surface area contributed by atoms with Crippen molar-refractivity contribution in [2.75, 3.05) is 14.2 Å². The molecule has 16 heavy (non-hydrogen) atoms. The summed E-state index contributed by atoms with van der Waals surface area (Å²) in [6, 6.07) is 0. The highest BCUT2D eigenvalue weighted by molar-refractivity contribution is 5.72. The molecule has 0 unspecified atom stereocenters. The lowest BCUT2D eigenvalue weighted by atomic mass is 10.3. The molecule has 1 aromatic heterocycles. The zero-order valence-corrected chi connectivity index (χ0v) is 9.10. The van der Waals surface area contributed by atoms with Gasteiger partial charge >= 0.3 is 11.9 Å². The van der Waals surface area contributed by atoms with Crippen molar-refractivity contribution in [3.63, 3.8) is 0 Å². The van der Waals surface area contributed by atoms with Gasteiger partial charge in [0.15, 0.2) is 0 Å². The molecule has 0 N–H and O–H groups in total. The normalized spacial score (nSPS) is 9.62. The molecule has 6 nitrogen and oxygen atoms in total. The van der Waals surface area contributed by atoms with Crippen LogP contribution in [0.15, 0.2) is 12.4 Å². The molecule has 0 saturated carbocycles. The molecule has 0 aliphatic carbocycles. The van der Waals surface area contributed by atoms with E-state index < -0.39 is 0 Å². The van der Waals surface area contributed by atoms with Crippen LogP contribution in [0.2, 0.25) is 0 Å². The number of hydrogen-bond acceptors (Lipinski definition) is 6. The van der Waals surface area contributed by atoms with Crippen molar-refractivity contribution < 1.29 is 19.1 Å². The van der Waals surface area contributed by atoms with Gasteiger partial charge in [0.25, 0.3) is 0 Å². The van der Waals surface area contributed by atoms with Gasteiger partial charge in [-0.15, -0.1) is 0 Å². The van der Waals surface area contributed by atoms with E-state index in [2.05, 4.69) is 19.4 Å². The molecular formula is C10H12N2O4. The summed E-state index contributed by atoms with van der Waals surface area (Å²) >= 11 is 0. The molecule has 0 aliphatic heterocycles. The van der Waals surface area contributed by atoms with E-state index in [1.165, 1.54) is 26.6 Å². The van der Waals surface area contributed by atoms with Crippen LogP contribution < -0.4 is 0 Å². The number of carbonyl (C=O) groups excluding carboxylic acids is 2. The fraction of sp³-hybridized carbons (Fsp3) is 0.400. The van der Waals surface area contributed by atoms with Crippen LogP contribution in [0.5, 0.6) is 0 Å². The maximum absolute atomic E-state index is 10.9. The number of hydrogen-bond donors (Lipinski definition) is 0. The molecule has 1 rings (SSSR count). The third-order valence-electron chi connectivity index (χ3n) is 1.87. The molecule has 0 aliphatic rings. The number of carbonyl (C=O) groups is 2. The van der Waals surface area contributed by atoms with Gasteiger partial charge in [0.1, 0.15) is 0 Å². The zero-order valence-electron chi connectivity index (χ0n) is 9.10. The lowest BCUT2D eigenvalue weighted by Crippen LogP contribution is -2.09. The summed E-state index contributed by atoms with van der Waals surface area (Å²) in [5.41, 5.74) is 1.00. The third-order valence-corrected chi connectivity index (χ3v) is 1.87. The van der Waals surface area contributed by atoms with Gasteiger partial charge in [-0.1, -0.05) is 0 Å². The molecule has 0 aromatic carbocycles. The molecule has 0 saturated heterocycles. The van der Waals surface area contributed by atoms with E-state index in [0.717, 1.165) is 0 Å². The Bertz CT molecular complexity index is 338. The molecule has 0 radical (unpaired) electrons. The van der Waals surface area contributed by atoms with E-state index in [9.17, 15) is 9.59 Å². The van der Waals surface area contributed by atoms with E-state index in [0.29, 0.717) is 11.4 Å². The number of nitrogens with zero attached hydrogens (tertiary/aromatic N) is 2. The van der Waals surface area contributed by atoms with Gasteiger partial charge in [-0.25, -0.2) is 0 Å². The molecule has 1 aromatic rings. The SMILES string of the molecule is COC(=O)Cc1cnc(CC(=O)OC)cn1. The largest absolute Gasteiger partial charge is 0.469 e. The standard InChI is InChI=1S/C10H12N2O4/c1-15-9(13)3-7-5-12-8(6-11-7)4-10(14)16-2/h5-6H,3-4H2,1-2H3. The Kier molecular flexibility index (Phi) is 4.38. The maximum Gasteiger partial charge on any atom is 0.311 e. The summed E-state index contributed by atoms with van der Waals surface area (Å²) in [5, 5.41) is 0. The summed E-state index contributed by atoms with van der Waals surface area (Å²) in [6.07, 6.45) is 3.02. The van der Waals surface area contributed by atoms with Gasteiger partial charge in [-0.05, 0) is 0 Å². The number of aromatic nitrogens is 2. The Morgan fingerprint density at radius 1 is 1.00 bits per heavy atom.